The number of rotatable bonds is 5. The highest BCUT2D eigenvalue weighted by molar-refractivity contribution is 9.10. The molecule has 2 aromatic heterocycles. The second-order valence-electron chi connectivity index (χ2n) is 6.26. The summed E-state index contributed by atoms with van der Waals surface area (Å²) in [6.45, 7) is 5.64. The molecule has 1 aliphatic heterocycles. The van der Waals surface area contributed by atoms with Crippen LogP contribution in [-0.2, 0) is 11.2 Å². The first-order chi connectivity index (χ1) is 12.1. The lowest BCUT2D eigenvalue weighted by Crippen LogP contribution is -2.42. The van der Waals surface area contributed by atoms with Gasteiger partial charge in [0.25, 0.3) is 0 Å². The van der Waals surface area contributed by atoms with E-state index in [1.54, 1.807) is 12.3 Å². The molecule has 0 spiro atoms. The third-order valence-corrected chi connectivity index (χ3v) is 4.98. The molecule has 0 saturated carbocycles. The molecule has 2 unspecified atom stereocenters. The number of anilines is 1. The van der Waals surface area contributed by atoms with Crippen molar-refractivity contribution in [3.8, 4) is 0 Å². The number of carbonyl (C=O) groups is 1. The van der Waals surface area contributed by atoms with Gasteiger partial charge in [0.1, 0.15) is 5.82 Å². The van der Waals surface area contributed by atoms with E-state index < -0.39 is 0 Å². The minimum atomic E-state index is -0.0739. The number of hydrogen-bond donors (Lipinski definition) is 1. The monoisotopic (exact) mass is 407 g/mol. The van der Waals surface area contributed by atoms with E-state index in [2.05, 4.69) is 41.3 Å². The number of carbonyl (C=O) groups excluding carboxylic acids is 1. The zero-order valence-corrected chi connectivity index (χ0v) is 16.0. The average Bonchev–Trinajstić information content (AvgIpc) is 3.12. The SMILES string of the molecule is CCc1noc(C(C)N2CCCC(C(=O)Nc3ccc(Br)cn3)C2)n1. The topological polar surface area (TPSA) is 84.2 Å². The van der Waals surface area contributed by atoms with Crippen LogP contribution in [0, 0.1) is 5.92 Å². The van der Waals surface area contributed by atoms with Crippen LogP contribution in [0.3, 0.4) is 0 Å². The molecule has 1 fully saturated rings. The molecule has 2 aromatic rings. The summed E-state index contributed by atoms with van der Waals surface area (Å²) < 4.78 is 6.24. The van der Waals surface area contributed by atoms with Gasteiger partial charge < -0.3 is 9.84 Å². The number of halogens is 1. The van der Waals surface area contributed by atoms with Crippen LogP contribution in [0.2, 0.25) is 0 Å². The van der Waals surface area contributed by atoms with E-state index >= 15 is 0 Å². The fraction of sp³-hybridized carbons (Fsp3) is 0.529. The first kappa shape index (κ1) is 18.0. The van der Waals surface area contributed by atoms with Gasteiger partial charge in [0, 0.05) is 23.6 Å². The molecule has 0 radical (unpaired) electrons. The molecule has 3 heterocycles. The first-order valence-electron chi connectivity index (χ1n) is 8.55. The Labute approximate surface area is 155 Å². The van der Waals surface area contributed by atoms with Crippen molar-refractivity contribution in [1.29, 1.82) is 0 Å². The number of aromatic nitrogens is 3. The van der Waals surface area contributed by atoms with Gasteiger partial charge in [-0.25, -0.2) is 4.98 Å². The number of piperidine rings is 1. The Hall–Kier alpha value is -1.80. The van der Waals surface area contributed by atoms with E-state index in [1.165, 1.54) is 0 Å². The molecule has 134 valence electrons. The molecule has 0 aromatic carbocycles. The molecule has 1 N–H and O–H groups in total. The van der Waals surface area contributed by atoms with E-state index in [0.717, 1.165) is 36.1 Å². The maximum atomic E-state index is 12.6. The maximum Gasteiger partial charge on any atom is 0.243 e. The Kier molecular flexibility index (Phi) is 5.80. The van der Waals surface area contributed by atoms with Crippen molar-refractivity contribution in [3.63, 3.8) is 0 Å². The van der Waals surface area contributed by atoms with Gasteiger partial charge in [-0.3, -0.25) is 9.69 Å². The molecule has 25 heavy (non-hydrogen) atoms. The van der Waals surface area contributed by atoms with E-state index in [-0.39, 0.29) is 17.9 Å². The fourth-order valence-electron chi connectivity index (χ4n) is 2.99. The lowest BCUT2D eigenvalue weighted by molar-refractivity contribution is -0.121. The predicted octanol–water partition coefficient (Wildman–Crippen LogP) is 3.20. The van der Waals surface area contributed by atoms with Gasteiger partial charge in [-0.15, -0.1) is 0 Å². The smallest absolute Gasteiger partial charge is 0.243 e. The molecule has 1 saturated heterocycles. The summed E-state index contributed by atoms with van der Waals surface area (Å²) in [6.07, 6.45) is 4.26. The van der Waals surface area contributed by atoms with Crippen molar-refractivity contribution < 1.29 is 9.32 Å². The second kappa shape index (κ2) is 8.05. The average molecular weight is 408 g/mol. The Bertz CT molecular complexity index is 718. The molecule has 2 atom stereocenters. The minimum absolute atomic E-state index is 0.00602. The summed E-state index contributed by atoms with van der Waals surface area (Å²) in [5.41, 5.74) is 0. The number of aryl methyl sites for hydroxylation is 1. The number of nitrogens with zero attached hydrogens (tertiary/aromatic N) is 4. The lowest BCUT2D eigenvalue weighted by atomic mass is 9.96. The van der Waals surface area contributed by atoms with Crippen LogP contribution in [0.5, 0.6) is 0 Å². The molecule has 1 amide bonds. The zero-order chi connectivity index (χ0) is 17.8. The molecular formula is C17H22BrN5O2. The van der Waals surface area contributed by atoms with Crippen LogP contribution in [0.4, 0.5) is 5.82 Å². The Balaban J connectivity index is 1.61. The summed E-state index contributed by atoms with van der Waals surface area (Å²) in [7, 11) is 0. The number of likely N-dealkylation sites (tertiary alicyclic amines) is 1. The Morgan fingerprint density at radius 2 is 2.36 bits per heavy atom. The standard InChI is InChI=1S/C17H22BrN5O2/c1-3-14-21-17(25-22-14)11(2)23-8-4-5-12(10-23)16(24)20-15-7-6-13(18)9-19-15/h6-7,9,11-12H,3-5,8,10H2,1-2H3,(H,19,20,24). The number of nitrogens with one attached hydrogen (secondary N) is 1. The quantitative estimate of drug-likeness (QED) is 0.818. The van der Waals surface area contributed by atoms with Crippen LogP contribution in [0.15, 0.2) is 27.3 Å². The summed E-state index contributed by atoms with van der Waals surface area (Å²) >= 11 is 3.34. The van der Waals surface area contributed by atoms with Crippen molar-refractivity contribution in [2.45, 2.75) is 39.2 Å². The normalized spacial score (nSPS) is 19.6. The minimum Gasteiger partial charge on any atom is -0.338 e. The molecule has 0 bridgehead atoms. The summed E-state index contributed by atoms with van der Waals surface area (Å²) in [5, 5.41) is 6.87. The van der Waals surface area contributed by atoms with E-state index in [1.807, 2.05) is 19.9 Å². The first-order valence-corrected chi connectivity index (χ1v) is 9.35. The van der Waals surface area contributed by atoms with Crippen LogP contribution in [0.1, 0.15) is 44.4 Å². The van der Waals surface area contributed by atoms with Crippen molar-refractivity contribution >= 4 is 27.7 Å². The van der Waals surface area contributed by atoms with Gasteiger partial charge in [-0.05, 0) is 54.4 Å². The van der Waals surface area contributed by atoms with Crippen molar-refractivity contribution in [3.05, 3.63) is 34.5 Å². The zero-order valence-electron chi connectivity index (χ0n) is 14.4. The highest BCUT2D eigenvalue weighted by Gasteiger charge is 2.31. The summed E-state index contributed by atoms with van der Waals surface area (Å²) in [5.74, 6) is 1.84. The van der Waals surface area contributed by atoms with Crippen molar-refractivity contribution in [1.82, 2.24) is 20.0 Å². The van der Waals surface area contributed by atoms with Crippen LogP contribution < -0.4 is 5.32 Å². The lowest BCUT2D eigenvalue weighted by Gasteiger charge is -2.34. The van der Waals surface area contributed by atoms with Gasteiger partial charge in [-0.2, -0.15) is 4.98 Å². The predicted molar refractivity (Wildman–Crippen MR) is 97.0 cm³/mol. The third-order valence-electron chi connectivity index (χ3n) is 4.51. The Morgan fingerprint density at radius 1 is 1.52 bits per heavy atom. The number of pyridine rings is 1. The van der Waals surface area contributed by atoms with Crippen molar-refractivity contribution in [2.24, 2.45) is 5.92 Å². The van der Waals surface area contributed by atoms with Crippen LogP contribution in [-0.4, -0.2) is 39.0 Å². The van der Waals surface area contributed by atoms with E-state index in [4.69, 9.17) is 4.52 Å². The molecule has 7 nitrogen and oxygen atoms in total. The fourth-order valence-corrected chi connectivity index (χ4v) is 3.22. The third kappa shape index (κ3) is 4.43. The summed E-state index contributed by atoms with van der Waals surface area (Å²) in [6, 6.07) is 3.66. The highest BCUT2D eigenvalue weighted by Crippen LogP contribution is 2.26. The van der Waals surface area contributed by atoms with Crippen LogP contribution >= 0.6 is 15.9 Å². The second-order valence-corrected chi connectivity index (χ2v) is 7.18. The van der Waals surface area contributed by atoms with Crippen molar-refractivity contribution in [2.75, 3.05) is 18.4 Å². The maximum absolute atomic E-state index is 12.6. The summed E-state index contributed by atoms with van der Waals surface area (Å²) in [4.78, 5) is 23.4. The number of amides is 1. The van der Waals surface area contributed by atoms with Gasteiger partial charge in [0.2, 0.25) is 11.8 Å². The van der Waals surface area contributed by atoms with Gasteiger partial charge >= 0.3 is 0 Å². The van der Waals surface area contributed by atoms with E-state index in [9.17, 15) is 4.79 Å². The van der Waals surface area contributed by atoms with Crippen LogP contribution in [0.25, 0.3) is 0 Å². The van der Waals surface area contributed by atoms with Gasteiger partial charge in [0.15, 0.2) is 5.82 Å². The van der Waals surface area contributed by atoms with Gasteiger partial charge in [0.05, 0.1) is 12.0 Å². The highest BCUT2D eigenvalue weighted by atomic mass is 79.9. The van der Waals surface area contributed by atoms with E-state index in [0.29, 0.717) is 18.3 Å². The molecule has 1 aliphatic rings. The number of hydrogen-bond acceptors (Lipinski definition) is 6. The largest absolute Gasteiger partial charge is 0.338 e. The van der Waals surface area contributed by atoms with Gasteiger partial charge in [-0.1, -0.05) is 12.1 Å². The molecule has 0 aliphatic carbocycles. The Morgan fingerprint density at radius 3 is 3.04 bits per heavy atom. The molecular weight excluding hydrogens is 386 g/mol. The molecule has 3 rings (SSSR count). The molecule has 8 heteroatoms.